The van der Waals surface area contributed by atoms with Gasteiger partial charge < -0.3 is 0 Å². The van der Waals surface area contributed by atoms with Gasteiger partial charge in [0.05, 0.1) is 0 Å². The zero-order chi connectivity index (χ0) is 11.5. The van der Waals surface area contributed by atoms with E-state index in [1.807, 2.05) is 26.0 Å². The molecule has 2 aromatic rings. The van der Waals surface area contributed by atoms with E-state index in [-0.39, 0.29) is 5.56 Å². The number of halogens is 2. The van der Waals surface area contributed by atoms with Gasteiger partial charge in [-0.15, -0.1) is 11.3 Å². The van der Waals surface area contributed by atoms with E-state index in [0.717, 1.165) is 11.6 Å². The highest BCUT2D eigenvalue weighted by atomic mass is 32.1. The van der Waals surface area contributed by atoms with E-state index in [9.17, 15) is 8.78 Å². The number of fused-ring (bicyclic) bond motifs is 1. The van der Waals surface area contributed by atoms with Gasteiger partial charge >= 0.3 is 0 Å². The second-order valence-electron chi connectivity index (χ2n) is 3.03. The average molecular weight is 228 g/mol. The van der Waals surface area contributed by atoms with Gasteiger partial charge in [0.2, 0.25) is 0 Å². The van der Waals surface area contributed by atoms with E-state index >= 15 is 0 Å². The van der Waals surface area contributed by atoms with Gasteiger partial charge in [-0.1, -0.05) is 32.0 Å². The van der Waals surface area contributed by atoms with Crippen LogP contribution in [0.1, 0.15) is 26.3 Å². The van der Waals surface area contributed by atoms with Crippen LogP contribution in [0.2, 0.25) is 0 Å². The van der Waals surface area contributed by atoms with Crippen LogP contribution >= 0.6 is 11.3 Å². The molecule has 0 atom stereocenters. The Morgan fingerprint density at radius 3 is 2.33 bits per heavy atom. The molecule has 0 saturated carbocycles. The minimum atomic E-state index is -2.74. The van der Waals surface area contributed by atoms with Crippen LogP contribution in [0.15, 0.2) is 29.6 Å². The summed E-state index contributed by atoms with van der Waals surface area (Å²) in [4.78, 5) is 0. The number of hydrogen-bond acceptors (Lipinski definition) is 1. The summed E-state index contributed by atoms with van der Waals surface area (Å²) >= 11 is 1.36. The molecule has 0 aliphatic heterocycles. The maximum Gasteiger partial charge on any atom is 0.271 e. The minimum Gasteiger partial charge on any atom is -0.202 e. The molecule has 2 rings (SSSR count). The van der Waals surface area contributed by atoms with Crippen molar-refractivity contribution >= 4 is 21.4 Å². The quantitative estimate of drug-likeness (QED) is 0.641. The molecular formula is C12H14F2S. The van der Waals surface area contributed by atoms with Crippen molar-refractivity contribution in [1.29, 1.82) is 0 Å². The smallest absolute Gasteiger partial charge is 0.202 e. The predicted molar refractivity (Wildman–Crippen MR) is 62.7 cm³/mol. The van der Waals surface area contributed by atoms with Crippen LogP contribution in [-0.2, 0) is 5.92 Å². The van der Waals surface area contributed by atoms with Gasteiger partial charge in [-0.05, 0) is 6.07 Å². The summed E-state index contributed by atoms with van der Waals surface area (Å²) < 4.78 is 27.0. The monoisotopic (exact) mass is 228 g/mol. The molecule has 0 saturated heterocycles. The summed E-state index contributed by atoms with van der Waals surface area (Å²) in [6.07, 6.45) is 0. The van der Waals surface area contributed by atoms with E-state index in [4.69, 9.17) is 0 Å². The maximum atomic E-state index is 13.0. The third-order valence-corrected chi connectivity index (χ3v) is 2.92. The molecule has 0 fully saturated rings. The number of alkyl halides is 2. The van der Waals surface area contributed by atoms with Gasteiger partial charge in [-0.2, -0.15) is 0 Å². The van der Waals surface area contributed by atoms with E-state index < -0.39 is 5.92 Å². The van der Waals surface area contributed by atoms with Crippen molar-refractivity contribution in [2.75, 3.05) is 0 Å². The highest BCUT2D eigenvalue weighted by Gasteiger charge is 2.27. The Bertz CT molecular complexity index is 426. The third-order valence-electron chi connectivity index (χ3n) is 1.95. The highest BCUT2D eigenvalue weighted by molar-refractivity contribution is 7.17. The fourth-order valence-electron chi connectivity index (χ4n) is 1.32. The predicted octanol–water partition coefficient (Wildman–Crippen LogP) is 5.04. The Balaban J connectivity index is 0.000000531. The summed E-state index contributed by atoms with van der Waals surface area (Å²) in [6, 6.07) is 7.23. The lowest BCUT2D eigenvalue weighted by Gasteiger charge is -2.07. The Hall–Kier alpha value is -0.960. The van der Waals surface area contributed by atoms with Gasteiger partial charge in [0.25, 0.3) is 5.92 Å². The standard InChI is InChI=1S/C10H8F2S.C2H6/c1-10(11,12)8-6-13-9-5-3-2-4-7(8)9;1-2/h2-6H,1H3;1-2H3. The van der Waals surface area contributed by atoms with Crippen LogP contribution in [0.25, 0.3) is 10.1 Å². The van der Waals surface area contributed by atoms with Crippen molar-refractivity contribution in [2.24, 2.45) is 0 Å². The molecule has 0 aliphatic carbocycles. The van der Waals surface area contributed by atoms with Crippen LogP contribution in [0.4, 0.5) is 8.78 Å². The molecule has 0 bridgehead atoms. The second-order valence-corrected chi connectivity index (χ2v) is 3.95. The molecule has 82 valence electrons. The molecule has 0 N–H and O–H groups in total. The topological polar surface area (TPSA) is 0 Å². The Kier molecular flexibility index (Phi) is 3.80. The van der Waals surface area contributed by atoms with Crippen LogP contribution in [0.3, 0.4) is 0 Å². The van der Waals surface area contributed by atoms with E-state index in [0.29, 0.717) is 5.39 Å². The summed E-state index contributed by atoms with van der Waals surface area (Å²) in [5, 5.41) is 2.20. The molecule has 0 nitrogen and oxygen atoms in total. The lowest BCUT2D eigenvalue weighted by molar-refractivity contribution is 0.0195. The summed E-state index contributed by atoms with van der Waals surface area (Å²) in [7, 11) is 0. The first-order chi connectivity index (χ1) is 7.09. The van der Waals surface area contributed by atoms with Gasteiger partial charge in [-0.25, -0.2) is 8.78 Å². The van der Waals surface area contributed by atoms with Crippen molar-refractivity contribution in [3.05, 3.63) is 35.2 Å². The normalized spacial score (nSPS) is 11.0. The lowest BCUT2D eigenvalue weighted by Crippen LogP contribution is -2.05. The molecule has 0 aliphatic rings. The largest absolute Gasteiger partial charge is 0.271 e. The lowest BCUT2D eigenvalue weighted by atomic mass is 10.1. The molecule has 1 heterocycles. The van der Waals surface area contributed by atoms with Crippen molar-refractivity contribution in [1.82, 2.24) is 0 Å². The summed E-state index contributed by atoms with van der Waals surface area (Å²) in [5.41, 5.74) is 0.133. The molecule has 1 aromatic heterocycles. The van der Waals surface area contributed by atoms with Gasteiger partial charge in [-0.3, -0.25) is 0 Å². The SMILES string of the molecule is CC.CC(F)(F)c1csc2ccccc12. The molecule has 1 aromatic carbocycles. The van der Waals surface area contributed by atoms with E-state index in [1.54, 1.807) is 12.1 Å². The summed E-state index contributed by atoms with van der Waals surface area (Å²) in [5.74, 6) is -2.74. The minimum absolute atomic E-state index is 0.133. The van der Waals surface area contributed by atoms with Gasteiger partial charge in [0, 0.05) is 28.0 Å². The molecule has 15 heavy (non-hydrogen) atoms. The highest BCUT2D eigenvalue weighted by Crippen LogP contribution is 2.36. The van der Waals surface area contributed by atoms with Crippen molar-refractivity contribution in [3.8, 4) is 0 Å². The van der Waals surface area contributed by atoms with Gasteiger partial charge in [0.1, 0.15) is 0 Å². The van der Waals surface area contributed by atoms with Gasteiger partial charge in [0.15, 0.2) is 0 Å². The zero-order valence-corrected chi connectivity index (χ0v) is 9.87. The molecule has 0 spiro atoms. The van der Waals surface area contributed by atoms with Crippen molar-refractivity contribution < 1.29 is 8.78 Å². The number of hydrogen-bond donors (Lipinski definition) is 0. The fraction of sp³-hybridized carbons (Fsp3) is 0.333. The zero-order valence-electron chi connectivity index (χ0n) is 9.05. The maximum absolute atomic E-state index is 13.0. The first kappa shape index (κ1) is 12.1. The Morgan fingerprint density at radius 2 is 1.73 bits per heavy atom. The van der Waals surface area contributed by atoms with E-state index in [2.05, 4.69) is 0 Å². The molecule has 0 amide bonds. The third kappa shape index (κ3) is 2.53. The Morgan fingerprint density at radius 1 is 1.13 bits per heavy atom. The van der Waals surface area contributed by atoms with Crippen LogP contribution < -0.4 is 0 Å². The van der Waals surface area contributed by atoms with Crippen LogP contribution in [0.5, 0.6) is 0 Å². The molecule has 0 unspecified atom stereocenters. The molecule has 0 radical (unpaired) electrons. The first-order valence-electron chi connectivity index (χ1n) is 4.93. The van der Waals surface area contributed by atoms with Crippen LogP contribution in [-0.4, -0.2) is 0 Å². The van der Waals surface area contributed by atoms with Crippen LogP contribution in [0, 0.1) is 0 Å². The molecule has 3 heteroatoms. The van der Waals surface area contributed by atoms with E-state index in [1.165, 1.54) is 16.7 Å². The number of rotatable bonds is 1. The average Bonchev–Trinajstić information content (AvgIpc) is 2.63. The number of benzene rings is 1. The second kappa shape index (κ2) is 4.71. The Labute approximate surface area is 92.6 Å². The first-order valence-corrected chi connectivity index (χ1v) is 5.81. The molecular weight excluding hydrogens is 214 g/mol. The number of thiophene rings is 1. The summed E-state index contributed by atoms with van der Waals surface area (Å²) in [6.45, 7) is 4.93. The fourth-order valence-corrected chi connectivity index (χ4v) is 2.36. The van der Waals surface area contributed by atoms with Crippen molar-refractivity contribution in [2.45, 2.75) is 26.7 Å². The van der Waals surface area contributed by atoms with Crippen molar-refractivity contribution in [3.63, 3.8) is 0 Å².